The standard InChI is InChI=1S/C15H16N2OS2/c1-11(20-14-4-2-3-7-16-14)15(18)17-8-5-13-12(10-17)6-9-19-13/h2-4,6-7,9,11H,5,8,10H2,1H3. The van der Waals surface area contributed by atoms with Gasteiger partial charge in [0.15, 0.2) is 0 Å². The van der Waals surface area contributed by atoms with Gasteiger partial charge in [0, 0.05) is 24.2 Å². The third-order valence-electron chi connectivity index (χ3n) is 3.40. The lowest BCUT2D eigenvalue weighted by Crippen LogP contribution is -2.39. The Hall–Kier alpha value is -1.33. The zero-order chi connectivity index (χ0) is 13.9. The summed E-state index contributed by atoms with van der Waals surface area (Å²) in [5, 5.41) is 2.93. The summed E-state index contributed by atoms with van der Waals surface area (Å²) in [6, 6.07) is 7.92. The van der Waals surface area contributed by atoms with Crippen LogP contribution < -0.4 is 0 Å². The van der Waals surface area contributed by atoms with Gasteiger partial charge in [-0.2, -0.15) is 0 Å². The molecule has 1 atom stereocenters. The van der Waals surface area contributed by atoms with Crippen molar-refractivity contribution >= 4 is 29.0 Å². The monoisotopic (exact) mass is 304 g/mol. The number of amides is 1. The first-order chi connectivity index (χ1) is 9.74. The fraction of sp³-hybridized carbons (Fsp3) is 0.333. The second kappa shape index (κ2) is 5.97. The fourth-order valence-electron chi connectivity index (χ4n) is 2.34. The number of carbonyl (C=O) groups is 1. The van der Waals surface area contributed by atoms with Crippen LogP contribution in [0.25, 0.3) is 0 Å². The predicted molar refractivity (Wildman–Crippen MR) is 83.0 cm³/mol. The van der Waals surface area contributed by atoms with Gasteiger partial charge in [0.1, 0.15) is 0 Å². The number of hydrogen-bond acceptors (Lipinski definition) is 4. The molecule has 104 valence electrons. The van der Waals surface area contributed by atoms with E-state index in [-0.39, 0.29) is 11.2 Å². The zero-order valence-electron chi connectivity index (χ0n) is 11.3. The third-order valence-corrected chi connectivity index (χ3v) is 5.46. The van der Waals surface area contributed by atoms with E-state index >= 15 is 0 Å². The van der Waals surface area contributed by atoms with Crippen LogP contribution in [0.15, 0.2) is 40.9 Å². The summed E-state index contributed by atoms with van der Waals surface area (Å²) in [5.74, 6) is 0.206. The van der Waals surface area contributed by atoms with Gasteiger partial charge in [0.2, 0.25) is 5.91 Å². The molecule has 1 aliphatic rings. The molecule has 1 amide bonds. The topological polar surface area (TPSA) is 33.2 Å². The first kappa shape index (κ1) is 13.6. The average Bonchev–Trinajstić information content (AvgIpc) is 2.94. The summed E-state index contributed by atoms with van der Waals surface area (Å²) in [6.45, 7) is 3.55. The molecule has 0 N–H and O–H groups in total. The van der Waals surface area contributed by atoms with Gasteiger partial charge in [-0.3, -0.25) is 4.79 Å². The first-order valence-electron chi connectivity index (χ1n) is 6.66. The molecule has 2 aromatic rings. The van der Waals surface area contributed by atoms with Gasteiger partial charge in [-0.15, -0.1) is 11.3 Å². The second-order valence-electron chi connectivity index (χ2n) is 4.81. The normalized spacial score (nSPS) is 15.8. The van der Waals surface area contributed by atoms with Gasteiger partial charge < -0.3 is 4.90 Å². The maximum absolute atomic E-state index is 12.5. The lowest BCUT2D eigenvalue weighted by molar-refractivity contribution is -0.131. The fourth-order valence-corrected chi connectivity index (χ4v) is 4.12. The molecule has 5 heteroatoms. The third kappa shape index (κ3) is 2.88. The minimum absolute atomic E-state index is 0.0925. The number of fused-ring (bicyclic) bond motifs is 1. The van der Waals surface area contributed by atoms with Crippen molar-refractivity contribution < 1.29 is 4.79 Å². The van der Waals surface area contributed by atoms with Crippen LogP contribution in [0.2, 0.25) is 0 Å². The maximum atomic E-state index is 12.5. The van der Waals surface area contributed by atoms with Gasteiger partial charge >= 0.3 is 0 Å². The Morgan fingerprint density at radius 2 is 2.35 bits per heavy atom. The number of rotatable bonds is 3. The molecule has 3 rings (SSSR count). The van der Waals surface area contributed by atoms with E-state index in [4.69, 9.17) is 0 Å². The molecule has 0 saturated carbocycles. The molecular weight excluding hydrogens is 288 g/mol. The van der Waals surface area contributed by atoms with Crippen LogP contribution in [0, 0.1) is 0 Å². The highest BCUT2D eigenvalue weighted by Crippen LogP contribution is 2.27. The SMILES string of the molecule is CC(Sc1ccccn1)C(=O)N1CCc2sccc2C1. The minimum Gasteiger partial charge on any atom is -0.337 e. The molecule has 0 fully saturated rings. The number of thioether (sulfide) groups is 1. The maximum Gasteiger partial charge on any atom is 0.236 e. The molecule has 1 aliphatic heterocycles. The van der Waals surface area contributed by atoms with Gasteiger partial charge in [-0.05, 0) is 42.5 Å². The van der Waals surface area contributed by atoms with Crippen LogP contribution in [-0.4, -0.2) is 27.6 Å². The molecule has 2 aromatic heterocycles. The molecule has 0 spiro atoms. The van der Waals surface area contributed by atoms with Crippen LogP contribution in [-0.2, 0) is 17.8 Å². The zero-order valence-corrected chi connectivity index (χ0v) is 12.9. The summed E-state index contributed by atoms with van der Waals surface area (Å²) < 4.78 is 0. The number of thiophene rings is 1. The largest absolute Gasteiger partial charge is 0.337 e. The molecule has 3 nitrogen and oxygen atoms in total. The van der Waals surface area contributed by atoms with Crippen LogP contribution >= 0.6 is 23.1 Å². The molecular formula is C15H16N2OS2. The van der Waals surface area contributed by atoms with Crippen molar-refractivity contribution in [2.45, 2.75) is 30.2 Å². The lowest BCUT2D eigenvalue weighted by atomic mass is 10.1. The average molecular weight is 304 g/mol. The Kier molecular flexibility index (Phi) is 4.08. The molecule has 0 saturated heterocycles. The van der Waals surface area contributed by atoms with Crippen molar-refractivity contribution in [2.24, 2.45) is 0 Å². The van der Waals surface area contributed by atoms with Crippen LogP contribution in [0.4, 0.5) is 0 Å². The number of pyridine rings is 1. The van der Waals surface area contributed by atoms with Crippen molar-refractivity contribution in [3.05, 3.63) is 46.3 Å². The van der Waals surface area contributed by atoms with Gasteiger partial charge in [-0.25, -0.2) is 4.98 Å². The van der Waals surface area contributed by atoms with E-state index in [1.165, 1.54) is 22.2 Å². The van der Waals surface area contributed by atoms with Crippen LogP contribution in [0.1, 0.15) is 17.4 Å². The Morgan fingerprint density at radius 3 is 3.15 bits per heavy atom. The highest BCUT2D eigenvalue weighted by atomic mass is 32.2. The van der Waals surface area contributed by atoms with E-state index in [1.807, 2.05) is 30.0 Å². The Morgan fingerprint density at radius 1 is 1.45 bits per heavy atom. The van der Waals surface area contributed by atoms with E-state index in [1.54, 1.807) is 17.5 Å². The smallest absolute Gasteiger partial charge is 0.236 e. The van der Waals surface area contributed by atoms with Gasteiger partial charge in [0.25, 0.3) is 0 Å². The molecule has 0 aliphatic carbocycles. The van der Waals surface area contributed by atoms with Crippen LogP contribution in [0.5, 0.6) is 0 Å². The van der Waals surface area contributed by atoms with Gasteiger partial charge in [0.05, 0.1) is 10.3 Å². The molecule has 0 radical (unpaired) electrons. The highest BCUT2D eigenvalue weighted by Gasteiger charge is 2.25. The molecule has 0 bridgehead atoms. The summed E-state index contributed by atoms with van der Waals surface area (Å²) in [4.78, 5) is 20.2. The number of hydrogen-bond donors (Lipinski definition) is 0. The van der Waals surface area contributed by atoms with Gasteiger partial charge in [-0.1, -0.05) is 17.8 Å². The second-order valence-corrected chi connectivity index (χ2v) is 7.17. The Balaban J connectivity index is 1.64. The van der Waals surface area contributed by atoms with Crippen molar-refractivity contribution in [1.82, 2.24) is 9.88 Å². The quantitative estimate of drug-likeness (QED) is 0.816. The van der Waals surface area contributed by atoms with Crippen molar-refractivity contribution in [3.63, 3.8) is 0 Å². The summed E-state index contributed by atoms with van der Waals surface area (Å²) in [5.41, 5.74) is 1.31. The summed E-state index contributed by atoms with van der Waals surface area (Å²) in [6.07, 6.45) is 2.75. The molecule has 20 heavy (non-hydrogen) atoms. The number of aromatic nitrogens is 1. The number of carbonyl (C=O) groups excluding carboxylic acids is 1. The van der Waals surface area contributed by atoms with E-state index < -0.39 is 0 Å². The number of nitrogens with zero attached hydrogens (tertiary/aromatic N) is 2. The van der Waals surface area contributed by atoms with Crippen molar-refractivity contribution in [2.75, 3.05) is 6.54 Å². The minimum atomic E-state index is -0.0925. The van der Waals surface area contributed by atoms with Crippen LogP contribution in [0.3, 0.4) is 0 Å². The summed E-state index contributed by atoms with van der Waals surface area (Å²) in [7, 11) is 0. The Labute approximate surface area is 127 Å². The van der Waals surface area contributed by atoms with E-state index in [2.05, 4.69) is 16.4 Å². The first-order valence-corrected chi connectivity index (χ1v) is 8.41. The van der Waals surface area contributed by atoms with Crippen molar-refractivity contribution in [1.29, 1.82) is 0 Å². The van der Waals surface area contributed by atoms with E-state index in [9.17, 15) is 4.79 Å². The van der Waals surface area contributed by atoms with E-state index in [0.29, 0.717) is 0 Å². The highest BCUT2D eigenvalue weighted by molar-refractivity contribution is 8.00. The molecule has 3 heterocycles. The van der Waals surface area contributed by atoms with Crippen molar-refractivity contribution in [3.8, 4) is 0 Å². The molecule has 0 aromatic carbocycles. The molecule has 1 unspecified atom stereocenters. The lowest BCUT2D eigenvalue weighted by Gasteiger charge is -2.29. The Bertz CT molecular complexity index is 597. The predicted octanol–water partition coefficient (Wildman–Crippen LogP) is 3.21. The summed E-state index contributed by atoms with van der Waals surface area (Å²) >= 11 is 3.33. The van der Waals surface area contributed by atoms with E-state index in [0.717, 1.165) is 24.5 Å².